The van der Waals surface area contributed by atoms with Gasteiger partial charge in [-0.3, -0.25) is 9.59 Å². The molecular weight excluding hydrogens is 522 g/mol. The van der Waals surface area contributed by atoms with Crippen LogP contribution in [0.4, 0.5) is 0 Å². The molecule has 0 bridgehead atoms. The second-order valence-electron chi connectivity index (χ2n) is 13.2. The van der Waals surface area contributed by atoms with Crippen molar-refractivity contribution in [1.82, 2.24) is 0 Å². The van der Waals surface area contributed by atoms with Gasteiger partial charge in [-0.25, -0.2) is 0 Å². The SMILES string of the molecule is CC#N.CC[C@H](C)C(=O)O[C@H]1C[C@H](OC)C=C2C=C[C@H](C)[C@H](CC[C@@H]3C[C@@H](O[Si](C)(C)C(C)(C)C)CC(=O)O3)[C@H]21. The van der Waals surface area contributed by atoms with Gasteiger partial charge in [0.25, 0.3) is 0 Å². The molecule has 1 heterocycles. The number of hydrogen-bond acceptors (Lipinski definition) is 7. The lowest BCUT2D eigenvalue weighted by Gasteiger charge is -2.44. The largest absolute Gasteiger partial charge is 0.462 e. The molecule has 0 saturated carbocycles. The molecule has 226 valence electrons. The second kappa shape index (κ2) is 14.8. The Bertz CT molecular complexity index is 961. The number of hydrogen-bond donors (Lipinski definition) is 0. The maximum absolute atomic E-state index is 12.8. The van der Waals surface area contributed by atoms with Gasteiger partial charge in [0, 0.05) is 32.8 Å². The molecule has 1 saturated heterocycles. The van der Waals surface area contributed by atoms with Gasteiger partial charge in [-0.1, -0.05) is 59.8 Å². The van der Waals surface area contributed by atoms with Crippen LogP contribution in [0.5, 0.6) is 0 Å². The van der Waals surface area contributed by atoms with Crippen molar-refractivity contribution in [3.63, 3.8) is 0 Å². The molecule has 40 heavy (non-hydrogen) atoms. The number of methoxy groups -OCH3 is 1. The van der Waals surface area contributed by atoms with Crippen molar-refractivity contribution in [1.29, 1.82) is 5.26 Å². The molecule has 0 aromatic rings. The Morgan fingerprint density at radius 1 is 1.25 bits per heavy atom. The van der Waals surface area contributed by atoms with Gasteiger partial charge >= 0.3 is 11.9 Å². The minimum Gasteiger partial charge on any atom is -0.462 e. The van der Waals surface area contributed by atoms with E-state index in [4.69, 9.17) is 23.9 Å². The van der Waals surface area contributed by atoms with Gasteiger partial charge < -0.3 is 18.6 Å². The van der Waals surface area contributed by atoms with E-state index in [0.717, 1.165) is 25.7 Å². The fourth-order valence-corrected chi connectivity index (χ4v) is 7.02. The topological polar surface area (TPSA) is 94.9 Å². The van der Waals surface area contributed by atoms with E-state index < -0.39 is 8.32 Å². The molecule has 3 aliphatic rings. The quantitative estimate of drug-likeness (QED) is 0.213. The van der Waals surface area contributed by atoms with E-state index in [9.17, 15) is 9.59 Å². The number of ether oxygens (including phenoxy) is 3. The Labute approximate surface area is 243 Å². The van der Waals surface area contributed by atoms with Crippen LogP contribution in [0.25, 0.3) is 0 Å². The molecule has 8 atom stereocenters. The van der Waals surface area contributed by atoms with Crippen molar-refractivity contribution < 1.29 is 28.2 Å². The molecule has 8 heteroatoms. The summed E-state index contributed by atoms with van der Waals surface area (Å²) in [6, 6.07) is 1.75. The summed E-state index contributed by atoms with van der Waals surface area (Å²) in [5.74, 6) is 0.353. The van der Waals surface area contributed by atoms with Crippen molar-refractivity contribution in [3.05, 3.63) is 23.8 Å². The molecule has 0 aromatic heterocycles. The maximum Gasteiger partial charge on any atom is 0.308 e. The molecule has 0 aromatic carbocycles. The van der Waals surface area contributed by atoms with E-state index >= 15 is 0 Å². The van der Waals surface area contributed by atoms with Gasteiger partial charge in [0.2, 0.25) is 0 Å². The zero-order chi connectivity index (χ0) is 30.3. The van der Waals surface area contributed by atoms with Crippen LogP contribution < -0.4 is 0 Å². The second-order valence-corrected chi connectivity index (χ2v) is 18.0. The van der Waals surface area contributed by atoms with Crippen molar-refractivity contribution >= 4 is 20.3 Å². The third-order valence-corrected chi connectivity index (χ3v) is 13.8. The highest BCUT2D eigenvalue weighted by atomic mass is 28.4. The molecule has 0 amide bonds. The van der Waals surface area contributed by atoms with E-state index in [1.165, 1.54) is 12.5 Å². The molecule has 1 fully saturated rings. The number of nitrogens with zero attached hydrogens (tertiary/aromatic N) is 1. The summed E-state index contributed by atoms with van der Waals surface area (Å²) in [7, 11) is -0.263. The predicted molar refractivity (Wildman–Crippen MR) is 160 cm³/mol. The zero-order valence-electron chi connectivity index (χ0n) is 26.5. The molecule has 0 N–H and O–H groups in total. The van der Waals surface area contributed by atoms with Crippen molar-refractivity contribution in [3.8, 4) is 6.07 Å². The monoisotopic (exact) mass is 575 g/mol. The van der Waals surface area contributed by atoms with Gasteiger partial charge in [0.1, 0.15) is 12.2 Å². The Hall–Kier alpha value is -1.95. The van der Waals surface area contributed by atoms with Crippen LogP contribution in [0.2, 0.25) is 18.1 Å². The summed E-state index contributed by atoms with van der Waals surface area (Å²) in [5, 5.41) is 7.42. The number of rotatable bonds is 9. The first kappa shape index (κ1) is 34.2. The van der Waals surface area contributed by atoms with E-state index in [1.54, 1.807) is 13.2 Å². The van der Waals surface area contributed by atoms with Crippen molar-refractivity contribution in [2.75, 3.05) is 7.11 Å². The molecule has 3 rings (SSSR count). The first-order valence-electron chi connectivity index (χ1n) is 15.0. The van der Waals surface area contributed by atoms with E-state index in [1.807, 2.05) is 13.8 Å². The minimum atomic E-state index is -1.97. The van der Waals surface area contributed by atoms with Crippen molar-refractivity contribution in [2.24, 2.45) is 23.7 Å². The lowest BCUT2D eigenvalue weighted by Crippen LogP contribution is -2.47. The van der Waals surface area contributed by atoms with Crippen LogP contribution in [0.15, 0.2) is 23.8 Å². The molecule has 1 aliphatic heterocycles. The highest BCUT2D eigenvalue weighted by Gasteiger charge is 2.44. The smallest absolute Gasteiger partial charge is 0.308 e. The average molecular weight is 576 g/mol. The lowest BCUT2D eigenvalue weighted by atomic mass is 9.66. The van der Waals surface area contributed by atoms with Gasteiger partial charge in [-0.15, -0.1) is 0 Å². The molecular formula is C32H53NO6Si. The number of esters is 2. The highest BCUT2D eigenvalue weighted by molar-refractivity contribution is 6.74. The summed E-state index contributed by atoms with van der Waals surface area (Å²) in [6.45, 7) is 18.8. The number of carbonyl (C=O) groups excluding carboxylic acids is 2. The average Bonchev–Trinajstić information content (AvgIpc) is 2.86. The Morgan fingerprint density at radius 2 is 1.90 bits per heavy atom. The van der Waals surface area contributed by atoms with Crippen LogP contribution in [0.3, 0.4) is 0 Å². The highest BCUT2D eigenvalue weighted by Crippen LogP contribution is 2.45. The fraction of sp³-hybridized carbons (Fsp3) is 0.781. The van der Waals surface area contributed by atoms with Crippen molar-refractivity contribution in [2.45, 2.75) is 130 Å². The first-order chi connectivity index (χ1) is 18.7. The predicted octanol–water partition coefficient (Wildman–Crippen LogP) is 7.13. The Morgan fingerprint density at radius 3 is 2.48 bits per heavy atom. The van der Waals surface area contributed by atoms with Crippen LogP contribution in [0.1, 0.15) is 87.0 Å². The summed E-state index contributed by atoms with van der Waals surface area (Å²) in [4.78, 5) is 25.3. The Kier molecular flexibility index (Phi) is 12.7. The summed E-state index contributed by atoms with van der Waals surface area (Å²) >= 11 is 0. The molecule has 2 aliphatic carbocycles. The summed E-state index contributed by atoms with van der Waals surface area (Å²) < 4.78 is 24.2. The number of allylic oxidation sites excluding steroid dienone is 2. The standard InChI is InChI=1S/C30H50O6Si.C2H3N/c1-10-19(2)29(32)35-26-17-23(33-7)15-21-12-11-20(3)25(28(21)26)14-13-22-16-24(18-27(31)34-22)36-37(8,9)30(4,5)6;1-2-3/h11-12,15,19-20,22-26,28H,10,13-14,16-18H2,1-9H3;1H3/t19-,20-,22+,23+,24+,25-,26-,28-;/m0./s1. The molecule has 0 radical (unpaired) electrons. The zero-order valence-corrected chi connectivity index (χ0v) is 27.5. The molecule has 0 spiro atoms. The number of nitriles is 1. The number of cyclic esters (lactones) is 1. The van der Waals surface area contributed by atoms with E-state index in [-0.39, 0.29) is 53.2 Å². The van der Waals surface area contributed by atoms with Gasteiger partial charge in [0.15, 0.2) is 8.32 Å². The lowest BCUT2D eigenvalue weighted by molar-refractivity contribution is -0.162. The third-order valence-electron chi connectivity index (χ3n) is 9.25. The number of carbonyl (C=O) groups is 2. The van der Waals surface area contributed by atoms with Crippen LogP contribution >= 0.6 is 0 Å². The van der Waals surface area contributed by atoms with Crippen LogP contribution in [-0.4, -0.2) is 51.8 Å². The van der Waals surface area contributed by atoms with Gasteiger partial charge in [0.05, 0.1) is 30.6 Å². The molecule has 7 nitrogen and oxygen atoms in total. The summed E-state index contributed by atoms with van der Waals surface area (Å²) in [5.41, 5.74) is 1.20. The minimum absolute atomic E-state index is 0.0627. The van der Waals surface area contributed by atoms with E-state index in [2.05, 4.69) is 59.0 Å². The Balaban J connectivity index is 0.00000178. The van der Waals surface area contributed by atoms with E-state index in [0.29, 0.717) is 24.7 Å². The van der Waals surface area contributed by atoms with Crippen LogP contribution in [0, 0.1) is 35.0 Å². The maximum atomic E-state index is 12.8. The van der Waals surface area contributed by atoms with Gasteiger partial charge in [-0.2, -0.15) is 5.26 Å². The normalized spacial score (nSPS) is 31.0. The number of fused-ring (bicyclic) bond motifs is 1. The van der Waals surface area contributed by atoms with Crippen LogP contribution in [-0.2, 0) is 28.2 Å². The first-order valence-corrected chi connectivity index (χ1v) is 17.9. The third kappa shape index (κ3) is 9.02. The summed E-state index contributed by atoms with van der Waals surface area (Å²) in [6.07, 6.45) is 10.3. The fourth-order valence-electron chi connectivity index (χ4n) is 5.65. The van der Waals surface area contributed by atoms with Gasteiger partial charge in [-0.05, 0) is 54.8 Å². The molecule has 0 unspecified atom stereocenters.